The van der Waals surface area contributed by atoms with E-state index in [0.29, 0.717) is 18.8 Å². The molecule has 0 atom stereocenters. The second-order valence-electron chi connectivity index (χ2n) is 5.95. The van der Waals surface area contributed by atoms with Gasteiger partial charge in [-0.25, -0.2) is 8.42 Å². The summed E-state index contributed by atoms with van der Waals surface area (Å²) in [6, 6.07) is 12.5. The third-order valence-electron chi connectivity index (χ3n) is 4.25. The fraction of sp³-hybridized carbons (Fsp3) is 0.294. The molecule has 0 unspecified atom stereocenters. The predicted octanol–water partition coefficient (Wildman–Crippen LogP) is 2.95. The van der Waals surface area contributed by atoms with E-state index in [-0.39, 0.29) is 10.6 Å². The molecule has 0 fully saturated rings. The van der Waals surface area contributed by atoms with Gasteiger partial charge in [-0.15, -0.1) is 0 Å². The molecule has 0 aromatic heterocycles. The Hall–Kier alpha value is -2.41. The summed E-state index contributed by atoms with van der Waals surface area (Å²) in [5.74, 6) is 0. The summed E-state index contributed by atoms with van der Waals surface area (Å²) in [4.78, 5) is 12.7. The molecule has 1 heterocycles. The van der Waals surface area contributed by atoms with Crippen LogP contribution < -0.4 is 4.90 Å². The maximum Gasteiger partial charge on any atom is 0.311 e. The monoisotopic (exact) mass is 346 g/mol. The van der Waals surface area contributed by atoms with E-state index in [1.807, 2.05) is 23.1 Å². The molecule has 0 aliphatic carbocycles. The summed E-state index contributed by atoms with van der Waals surface area (Å²) in [5, 5.41) is 11.6. The SMILES string of the molecule is CS(=O)(=O)c1cccc(N2CCCc3ccccc3C2)c1[N+](=O)[O-]. The van der Waals surface area contributed by atoms with Crippen molar-refractivity contribution >= 4 is 21.2 Å². The Morgan fingerprint density at radius 2 is 1.79 bits per heavy atom. The number of benzene rings is 2. The zero-order valence-electron chi connectivity index (χ0n) is 13.3. The van der Waals surface area contributed by atoms with E-state index in [1.54, 1.807) is 12.1 Å². The molecule has 0 bridgehead atoms. The van der Waals surface area contributed by atoms with Gasteiger partial charge in [-0.2, -0.15) is 0 Å². The molecule has 0 spiro atoms. The Bertz CT molecular complexity index is 893. The molecule has 0 amide bonds. The van der Waals surface area contributed by atoms with Crippen molar-refractivity contribution in [1.29, 1.82) is 0 Å². The summed E-state index contributed by atoms with van der Waals surface area (Å²) in [5.41, 5.74) is 2.38. The summed E-state index contributed by atoms with van der Waals surface area (Å²) in [7, 11) is -3.68. The molecule has 1 aliphatic rings. The van der Waals surface area contributed by atoms with Crippen LogP contribution in [0.2, 0.25) is 0 Å². The molecule has 24 heavy (non-hydrogen) atoms. The van der Waals surface area contributed by atoms with Gasteiger partial charge >= 0.3 is 5.69 Å². The average molecular weight is 346 g/mol. The van der Waals surface area contributed by atoms with Crippen molar-refractivity contribution in [2.45, 2.75) is 24.3 Å². The first-order valence-corrected chi connectivity index (χ1v) is 9.56. The van der Waals surface area contributed by atoms with Crippen LogP contribution in [-0.4, -0.2) is 26.1 Å². The molecule has 2 aromatic rings. The lowest BCUT2D eigenvalue weighted by Gasteiger charge is -2.23. The molecule has 0 N–H and O–H groups in total. The Kier molecular flexibility index (Phi) is 4.28. The fourth-order valence-electron chi connectivity index (χ4n) is 3.15. The molecule has 1 aliphatic heterocycles. The number of nitro groups is 1. The number of para-hydroxylation sites is 1. The Morgan fingerprint density at radius 1 is 1.08 bits per heavy atom. The van der Waals surface area contributed by atoms with E-state index in [0.717, 1.165) is 24.7 Å². The standard InChI is InChI=1S/C17H18N2O4S/c1-24(22,23)16-10-4-9-15(17(16)19(20)21)18-11-5-8-13-6-2-3-7-14(13)12-18/h2-4,6-7,9-10H,5,8,11-12H2,1H3. The minimum Gasteiger partial charge on any atom is -0.362 e. The molecule has 3 rings (SSSR count). The van der Waals surface area contributed by atoms with Crippen molar-refractivity contribution in [2.24, 2.45) is 0 Å². The number of fused-ring (bicyclic) bond motifs is 1. The Balaban J connectivity index is 2.11. The van der Waals surface area contributed by atoms with E-state index >= 15 is 0 Å². The van der Waals surface area contributed by atoms with Gasteiger partial charge in [-0.05, 0) is 36.1 Å². The summed E-state index contributed by atoms with van der Waals surface area (Å²) in [6.45, 7) is 1.17. The number of sulfone groups is 1. The van der Waals surface area contributed by atoms with Gasteiger partial charge in [0.2, 0.25) is 0 Å². The van der Waals surface area contributed by atoms with Crippen molar-refractivity contribution in [1.82, 2.24) is 0 Å². The number of nitro benzene ring substituents is 1. The van der Waals surface area contributed by atoms with Gasteiger partial charge in [0, 0.05) is 19.3 Å². The minimum absolute atomic E-state index is 0.234. The number of hydrogen-bond donors (Lipinski definition) is 0. The quantitative estimate of drug-likeness (QED) is 0.630. The molecule has 2 aromatic carbocycles. The van der Waals surface area contributed by atoms with E-state index < -0.39 is 14.8 Å². The third kappa shape index (κ3) is 3.12. The van der Waals surface area contributed by atoms with Crippen LogP contribution in [0.4, 0.5) is 11.4 Å². The van der Waals surface area contributed by atoms with Crippen LogP contribution in [0.1, 0.15) is 17.5 Å². The van der Waals surface area contributed by atoms with Crippen LogP contribution in [0.3, 0.4) is 0 Å². The average Bonchev–Trinajstić information content (AvgIpc) is 2.75. The highest BCUT2D eigenvalue weighted by Crippen LogP contribution is 2.36. The van der Waals surface area contributed by atoms with Crippen molar-refractivity contribution in [3.05, 3.63) is 63.7 Å². The van der Waals surface area contributed by atoms with Crippen LogP contribution in [0.5, 0.6) is 0 Å². The van der Waals surface area contributed by atoms with Gasteiger partial charge in [0.15, 0.2) is 9.84 Å². The van der Waals surface area contributed by atoms with Crippen LogP contribution >= 0.6 is 0 Å². The number of nitrogens with zero attached hydrogens (tertiary/aromatic N) is 2. The van der Waals surface area contributed by atoms with E-state index in [9.17, 15) is 18.5 Å². The number of hydrogen-bond acceptors (Lipinski definition) is 5. The molecule has 7 heteroatoms. The van der Waals surface area contributed by atoms with Gasteiger partial charge < -0.3 is 4.90 Å². The van der Waals surface area contributed by atoms with Gasteiger partial charge in [0.1, 0.15) is 10.6 Å². The van der Waals surface area contributed by atoms with Crippen molar-refractivity contribution in [3.8, 4) is 0 Å². The molecule has 126 valence electrons. The van der Waals surface area contributed by atoms with Gasteiger partial charge in [0.05, 0.1) is 4.92 Å². The highest BCUT2D eigenvalue weighted by molar-refractivity contribution is 7.90. The van der Waals surface area contributed by atoms with Crippen LogP contribution in [0, 0.1) is 10.1 Å². The predicted molar refractivity (Wildman–Crippen MR) is 92.0 cm³/mol. The second kappa shape index (κ2) is 6.24. The molecular formula is C17H18N2O4S. The van der Waals surface area contributed by atoms with Crippen LogP contribution in [0.25, 0.3) is 0 Å². The van der Waals surface area contributed by atoms with Crippen LogP contribution in [0.15, 0.2) is 47.4 Å². The van der Waals surface area contributed by atoms with Gasteiger partial charge in [0.25, 0.3) is 0 Å². The third-order valence-corrected chi connectivity index (χ3v) is 5.38. The van der Waals surface area contributed by atoms with Crippen LogP contribution in [-0.2, 0) is 22.8 Å². The summed E-state index contributed by atoms with van der Waals surface area (Å²) >= 11 is 0. The number of rotatable bonds is 3. The van der Waals surface area contributed by atoms with E-state index in [2.05, 4.69) is 6.07 Å². The fourth-order valence-corrected chi connectivity index (χ4v) is 4.01. The molecule has 6 nitrogen and oxygen atoms in total. The highest BCUT2D eigenvalue weighted by Gasteiger charge is 2.29. The Labute approximate surface area is 140 Å². The highest BCUT2D eigenvalue weighted by atomic mass is 32.2. The van der Waals surface area contributed by atoms with Crippen molar-refractivity contribution in [2.75, 3.05) is 17.7 Å². The molecular weight excluding hydrogens is 328 g/mol. The summed E-state index contributed by atoms with van der Waals surface area (Å²) in [6.07, 6.45) is 2.76. The first-order valence-electron chi connectivity index (χ1n) is 7.67. The normalized spacial score (nSPS) is 14.8. The maximum atomic E-state index is 11.9. The first kappa shape index (κ1) is 16.4. The first-order chi connectivity index (χ1) is 11.4. The lowest BCUT2D eigenvalue weighted by atomic mass is 10.0. The molecule has 0 saturated carbocycles. The molecule has 0 saturated heterocycles. The molecule has 0 radical (unpaired) electrons. The van der Waals surface area contributed by atoms with E-state index in [1.165, 1.54) is 11.6 Å². The largest absolute Gasteiger partial charge is 0.362 e. The lowest BCUT2D eigenvalue weighted by Crippen LogP contribution is -2.24. The number of anilines is 1. The zero-order chi connectivity index (χ0) is 17.3. The maximum absolute atomic E-state index is 11.9. The van der Waals surface area contributed by atoms with Crippen molar-refractivity contribution < 1.29 is 13.3 Å². The summed E-state index contributed by atoms with van der Waals surface area (Å²) < 4.78 is 23.9. The van der Waals surface area contributed by atoms with Gasteiger partial charge in [-0.1, -0.05) is 30.3 Å². The lowest BCUT2D eigenvalue weighted by molar-refractivity contribution is -0.387. The van der Waals surface area contributed by atoms with Crippen molar-refractivity contribution in [3.63, 3.8) is 0 Å². The minimum atomic E-state index is -3.68. The zero-order valence-corrected chi connectivity index (χ0v) is 14.1. The van der Waals surface area contributed by atoms with Gasteiger partial charge in [-0.3, -0.25) is 10.1 Å². The Morgan fingerprint density at radius 3 is 2.46 bits per heavy atom. The topological polar surface area (TPSA) is 80.5 Å². The van der Waals surface area contributed by atoms with E-state index in [4.69, 9.17) is 0 Å². The number of aryl methyl sites for hydroxylation is 1. The smallest absolute Gasteiger partial charge is 0.311 e. The second-order valence-corrected chi connectivity index (χ2v) is 7.93.